The quantitative estimate of drug-likeness (QED) is 0.883. The molecule has 1 aromatic rings. The van der Waals surface area contributed by atoms with E-state index in [1.807, 2.05) is 6.07 Å². The minimum Gasteiger partial charge on any atom is -0.329 e. The molecule has 2 heteroatoms. The number of benzene rings is 1. The summed E-state index contributed by atoms with van der Waals surface area (Å²) in [4.78, 5) is 12.5. The summed E-state index contributed by atoms with van der Waals surface area (Å²) in [5.41, 5.74) is 3.72. The summed E-state index contributed by atoms with van der Waals surface area (Å²) in [6.45, 7) is 2.15. The van der Waals surface area contributed by atoms with Gasteiger partial charge in [-0.1, -0.05) is 55.8 Å². The summed E-state index contributed by atoms with van der Waals surface area (Å²) < 4.78 is 0. The lowest BCUT2D eigenvalue weighted by Crippen LogP contribution is -2.40. The van der Waals surface area contributed by atoms with Crippen molar-refractivity contribution in [2.24, 2.45) is 5.92 Å². The molecular formula is C18H21NO. The maximum atomic E-state index is 12.5. The van der Waals surface area contributed by atoms with Gasteiger partial charge >= 0.3 is 0 Å². The van der Waals surface area contributed by atoms with Crippen LogP contribution in [0.15, 0.2) is 53.8 Å². The molecular weight excluding hydrogens is 246 g/mol. The number of nitrogens with one attached hydrogen (secondary N) is 1. The lowest BCUT2D eigenvalue weighted by molar-refractivity contribution is -0.125. The fourth-order valence-corrected chi connectivity index (χ4v) is 3.40. The molecule has 2 atom stereocenters. The molecule has 1 amide bonds. The van der Waals surface area contributed by atoms with E-state index < -0.39 is 0 Å². The molecule has 0 aromatic heterocycles. The van der Waals surface area contributed by atoms with Gasteiger partial charge in [-0.15, -0.1) is 0 Å². The van der Waals surface area contributed by atoms with E-state index in [1.54, 1.807) is 0 Å². The minimum absolute atomic E-state index is 0.0592. The lowest BCUT2D eigenvalue weighted by Gasteiger charge is -2.36. The van der Waals surface area contributed by atoms with Gasteiger partial charge in [0.15, 0.2) is 0 Å². The van der Waals surface area contributed by atoms with E-state index in [0.717, 1.165) is 31.4 Å². The predicted octanol–water partition coefficient (Wildman–Crippen LogP) is 3.92. The fourth-order valence-electron chi connectivity index (χ4n) is 3.40. The molecule has 0 spiro atoms. The highest BCUT2D eigenvalue weighted by Crippen LogP contribution is 2.41. The standard InChI is InChI=1S/C18H21NO/c1-2-8-15-17(13-9-4-3-5-10-13)14-11-6-7-12-16(14)19-18(15)20/h3-6,9-11,15,17H,2,7-8,12H2,1H3,(H,19,20). The van der Waals surface area contributed by atoms with E-state index in [0.29, 0.717) is 0 Å². The first-order valence-electron chi connectivity index (χ1n) is 7.56. The Morgan fingerprint density at radius 1 is 1.25 bits per heavy atom. The molecule has 2 aliphatic rings. The van der Waals surface area contributed by atoms with Gasteiger partial charge in [0, 0.05) is 17.5 Å². The Hall–Kier alpha value is -1.83. The molecule has 1 heterocycles. The van der Waals surface area contributed by atoms with E-state index in [1.165, 1.54) is 11.1 Å². The third-order valence-corrected chi connectivity index (χ3v) is 4.31. The van der Waals surface area contributed by atoms with Crippen LogP contribution < -0.4 is 5.32 Å². The maximum absolute atomic E-state index is 12.5. The topological polar surface area (TPSA) is 29.1 Å². The molecule has 0 bridgehead atoms. The Labute approximate surface area is 120 Å². The van der Waals surface area contributed by atoms with Crippen LogP contribution in [0, 0.1) is 5.92 Å². The van der Waals surface area contributed by atoms with Gasteiger partial charge in [0.05, 0.1) is 0 Å². The van der Waals surface area contributed by atoms with Crippen LogP contribution in [0.1, 0.15) is 44.1 Å². The highest BCUT2D eigenvalue weighted by atomic mass is 16.2. The van der Waals surface area contributed by atoms with Crippen molar-refractivity contribution < 1.29 is 4.79 Å². The normalized spacial score (nSPS) is 25.4. The van der Waals surface area contributed by atoms with E-state index in [9.17, 15) is 4.79 Å². The van der Waals surface area contributed by atoms with Crippen LogP contribution in [0.4, 0.5) is 0 Å². The number of allylic oxidation sites excluding steroid dienone is 4. The average molecular weight is 267 g/mol. The van der Waals surface area contributed by atoms with Gasteiger partial charge < -0.3 is 5.32 Å². The van der Waals surface area contributed by atoms with E-state index in [2.05, 4.69) is 48.7 Å². The van der Waals surface area contributed by atoms with Crippen molar-refractivity contribution in [3.8, 4) is 0 Å². The smallest absolute Gasteiger partial charge is 0.228 e. The van der Waals surface area contributed by atoms with Gasteiger partial charge in [-0.25, -0.2) is 0 Å². The van der Waals surface area contributed by atoms with Crippen LogP contribution in [0.25, 0.3) is 0 Å². The van der Waals surface area contributed by atoms with Crippen molar-refractivity contribution in [1.29, 1.82) is 0 Å². The summed E-state index contributed by atoms with van der Waals surface area (Å²) in [6.07, 6.45) is 8.41. The Morgan fingerprint density at radius 2 is 2.05 bits per heavy atom. The van der Waals surface area contributed by atoms with Crippen molar-refractivity contribution in [3.63, 3.8) is 0 Å². The summed E-state index contributed by atoms with van der Waals surface area (Å²) in [5, 5.41) is 3.14. The van der Waals surface area contributed by atoms with Crippen LogP contribution in [0.3, 0.4) is 0 Å². The Morgan fingerprint density at radius 3 is 2.80 bits per heavy atom. The number of hydrogen-bond donors (Lipinski definition) is 1. The summed E-state index contributed by atoms with van der Waals surface area (Å²) in [5.74, 6) is 0.482. The first-order valence-corrected chi connectivity index (χ1v) is 7.56. The molecule has 104 valence electrons. The molecule has 0 saturated heterocycles. The molecule has 1 aliphatic heterocycles. The minimum atomic E-state index is 0.0592. The van der Waals surface area contributed by atoms with E-state index >= 15 is 0 Å². The highest BCUT2D eigenvalue weighted by molar-refractivity contribution is 5.84. The van der Waals surface area contributed by atoms with Crippen LogP contribution >= 0.6 is 0 Å². The molecule has 2 unspecified atom stereocenters. The first kappa shape index (κ1) is 13.2. The zero-order valence-corrected chi connectivity index (χ0v) is 11.9. The number of rotatable bonds is 3. The fraction of sp³-hybridized carbons (Fsp3) is 0.389. The molecule has 1 N–H and O–H groups in total. The van der Waals surface area contributed by atoms with E-state index in [4.69, 9.17) is 0 Å². The number of carbonyl (C=O) groups excluding carboxylic acids is 1. The van der Waals surface area contributed by atoms with Gasteiger partial charge in [-0.3, -0.25) is 4.79 Å². The molecule has 1 aromatic carbocycles. The zero-order valence-electron chi connectivity index (χ0n) is 11.9. The molecule has 0 radical (unpaired) electrons. The molecule has 2 nitrogen and oxygen atoms in total. The van der Waals surface area contributed by atoms with Crippen molar-refractivity contribution in [3.05, 3.63) is 59.3 Å². The van der Waals surface area contributed by atoms with Crippen LogP contribution in [-0.4, -0.2) is 5.91 Å². The highest BCUT2D eigenvalue weighted by Gasteiger charge is 2.37. The average Bonchev–Trinajstić information content (AvgIpc) is 2.49. The third kappa shape index (κ3) is 2.31. The monoisotopic (exact) mass is 267 g/mol. The maximum Gasteiger partial charge on any atom is 0.228 e. The SMILES string of the molecule is CCCC1C(=O)NC2=C(C=CCC2)C1c1ccccc1. The molecule has 1 aliphatic carbocycles. The van der Waals surface area contributed by atoms with Crippen LogP contribution in [-0.2, 0) is 4.79 Å². The summed E-state index contributed by atoms with van der Waals surface area (Å²) in [7, 11) is 0. The zero-order chi connectivity index (χ0) is 13.9. The van der Waals surface area contributed by atoms with Crippen LogP contribution in [0.2, 0.25) is 0 Å². The molecule has 20 heavy (non-hydrogen) atoms. The predicted molar refractivity (Wildman–Crippen MR) is 81.1 cm³/mol. The van der Waals surface area contributed by atoms with Crippen molar-refractivity contribution in [2.75, 3.05) is 0 Å². The summed E-state index contributed by atoms with van der Waals surface area (Å²) in [6, 6.07) is 10.5. The van der Waals surface area contributed by atoms with Crippen molar-refractivity contribution in [1.82, 2.24) is 5.32 Å². The van der Waals surface area contributed by atoms with Gasteiger partial charge in [-0.2, -0.15) is 0 Å². The lowest BCUT2D eigenvalue weighted by atomic mass is 9.73. The Balaban J connectivity index is 2.07. The van der Waals surface area contributed by atoms with Crippen molar-refractivity contribution >= 4 is 5.91 Å². The molecule has 0 fully saturated rings. The number of hydrogen-bond acceptors (Lipinski definition) is 1. The third-order valence-electron chi connectivity index (χ3n) is 4.31. The Kier molecular flexibility index (Phi) is 3.72. The number of amides is 1. The van der Waals surface area contributed by atoms with Crippen LogP contribution in [0.5, 0.6) is 0 Å². The van der Waals surface area contributed by atoms with Gasteiger partial charge in [0.2, 0.25) is 5.91 Å². The Bertz CT molecular complexity index is 556. The van der Waals surface area contributed by atoms with Gasteiger partial charge in [-0.05, 0) is 30.4 Å². The second-order valence-corrected chi connectivity index (χ2v) is 5.65. The second kappa shape index (κ2) is 5.66. The van der Waals surface area contributed by atoms with Gasteiger partial charge in [0.25, 0.3) is 0 Å². The molecule has 0 saturated carbocycles. The second-order valence-electron chi connectivity index (χ2n) is 5.65. The summed E-state index contributed by atoms with van der Waals surface area (Å²) >= 11 is 0. The number of carbonyl (C=O) groups is 1. The van der Waals surface area contributed by atoms with Crippen molar-refractivity contribution in [2.45, 2.75) is 38.5 Å². The molecule has 3 rings (SSSR count). The van der Waals surface area contributed by atoms with E-state index in [-0.39, 0.29) is 17.7 Å². The largest absolute Gasteiger partial charge is 0.329 e. The first-order chi connectivity index (χ1) is 9.81. The van der Waals surface area contributed by atoms with Gasteiger partial charge in [0.1, 0.15) is 0 Å².